The van der Waals surface area contributed by atoms with Gasteiger partial charge in [0.25, 0.3) is 0 Å². The van der Waals surface area contributed by atoms with Crippen molar-refractivity contribution < 1.29 is 8.42 Å². The summed E-state index contributed by atoms with van der Waals surface area (Å²) in [6.07, 6.45) is 4.22. The summed E-state index contributed by atoms with van der Waals surface area (Å²) in [5.74, 6) is 0. The molecule has 0 spiro atoms. The molecule has 2 aliphatic rings. The lowest BCUT2D eigenvalue weighted by molar-refractivity contribution is 0.251. The molecule has 0 aromatic heterocycles. The Bertz CT molecular complexity index is 532. The zero-order chi connectivity index (χ0) is 13.5. The van der Waals surface area contributed by atoms with E-state index in [1.54, 1.807) is 35.6 Å². The Morgan fingerprint density at radius 2 is 1.68 bits per heavy atom. The normalized spacial score (nSPS) is 30.7. The number of benzene rings is 1. The molecule has 0 radical (unpaired) electrons. The Balaban J connectivity index is 1.82. The first kappa shape index (κ1) is 13.1. The molecular weight excluding hydrogens is 260 g/mol. The van der Waals surface area contributed by atoms with Crippen LogP contribution in [0.5, 0.6) is 0 Å². The molecule has 1 N–H and O–H groups in total. The average Bonchev–Trinajstić information content (AvgIpc) is 2.77. The predicted molar refractivity (Wildman–Crippen MR) is 74.4 cm³/mol. The van der Waals surface area contributed by atoms with E-state index in [0.717, 1.165) is 12.8 Å². The highest BCUT2D eigenvalue weighted by molar-refractivity contribution is 7.89. The van der Waals surface area contributed by atoms with Crippen molar-refractivity contribution in [2.75, 3.05) is 7.05 Å². The monoisotopic (exact) mass is 280 g/mol. The molecule has 3 rings (SSSR count). The lowest BCUT2D eigenvalue weighted by Gasteiger charge is -2.34. The zero-order valence-electron chi connectivity index (χ0n) is 11.1. The lowest BCUT2D eigenvalue weighted by atomic mass is 10.0. The number of piperidine rings is 1. The van der Waals surface area contributed by atoms with Gasteiger partial charge in [0.1, 0.15) is 0 Å². The van der Waals surface area contributed by atoms with Gasteiger partial charge >= 0.3 is 0 Å². The lowest BCUT2D eigenvalue weighted by Crippen LogP contribution is -2.48. The van der Waals surface area contributed by atoms with Gasteiger partial charge in [-0.15, -0.1) is 0 Å². The van der Waals surface area contributed by atoms with Crippen LogP contribution < -0.4 is 5.32 Å². The minimum atomic E-state index is -3.35. The molecule has 2 heterocycles. The van der Waals surface area contributed by atoms with Gasteiger partial charge in [-0.3, -0.25) is 0 Å². The van der Waals surface area contributed by atoms with Crippen LogP contribution in [-0.2, 0) is 10.0 Å². The third-order valence-corrected chi connectivity index (χ3v) is 6.31. The van der Waals surface area contributed by atoms with Crippen molar-refractivity contribution in [1.29, 1.82) is 0 Å². The molecule has 2 atom stereocenters. The van der Waals surface area contributed by atoms with E-state index in [1.807, 2.05) is 6.07 Å². The molecule has 2 fully saturated rings. The minimum absolute atomic E-state index is 0.129. The molecule has 4 nitrogen and oxygen atoms in total. The molecule has 0 aliphatic carbocycles. The average molecular weight is 280 g/mol. The van der Waals surface area contributed by atoms with Crippen LogP contribution in [0.2, 0.25) is 0 Å². The fourth-order valence-corrected chi connectivity index (χ4v) is 4.68. The number of fused-ring (bicyclic) bond motifs is 2. The van der Waals surface area contributed by atoms with Crippen LogP contribution in [0.3, 0.4) is 0 Å². The summed E-state index contributed by atoms with van der Waals surface area (Å²) in [5.41, 5.74) is 0. The summed E-state index contributed by atoms with van der Waals surface area (Å²) in [4.78, 5) is 0.392. The highest BCUT2D eigenvalue weighted by atomic mass is 32.2. The molecule has 0 amide bonds. The van der Waals surface area contributed by atoms with E-state index >= 15 is 0 Å². The fourth-order valence-electron chi connectivity index (χ4n) is 3.28. The summed E-state index contributed by atoms with van der Waals surface area (Å²) in [7, 11) is -1.63. The molecular formula is C14H20N2O2S. The number of hydrogen-bond acceptors (Lipinski definition) is 3. The van der Waals surface area contributed by atoms with E-state index in [1.165, 1.54) is 12.8 Å². The third kappa shape index (κ3) is 2.42. The van der Waals surface area contributed by atoms with Crippen LogP contribution >= 0.6 is 0 Å². The van der Waals surface area contributed by atoms with Crippen molar-refractivity contribution in [1.82, 2.24) is 9.62 Å². The van der Waals surface area contributed by atoms with Gasteiger partial charge in [0.2, 0.25) is 10.0 Å². The van der Waals surface area contributed by atoms with Gasteiger partial charge in [-0.1, -0.05) is 18.2 Å². The molecule has 2 unspecified atom stereocenters. The molecule has 5 heteroatoms. The van der Waals surface area contributed by atoms with Gasteiger partial charge in [0.05, 0.1) is 4.90 Å². The van der Waals surface area contributed by atoms with E-state index < -0.39 is 10.0 Å². The highest BCUT2D eigenvalue weighted by Gasteiger charge is 2.38. The Morgan fingerprint density at radius 3 is 2.26 bits per heavy atom. The standard InChI is InChI=1S/C14H20N2O2S/c1-16(13-9-11-7-8-12(10-13)15-11)19(17,18)14-5-3-2-4-6-14/h2-6,11-13,15H,7-10H2,1H3. The highest BCUT2D eigenvalue weighted by Crippen LogP contribution is 2.31. The summed E-state index contributed by atoms with van der Waals surface area (Å²) in [5, 5.41) is 3.54. The van der Waals surface area contributed by atoms with Crippen molar-refractivity contribution >= 4 is 10.0 Å². The molecule has 2 saturated heterocycles. The van der Waals surface area contributed by atoms with E-state index in [9.17, 15) is 8.42 Å². The molecule has 2 aliphatic heterocycles. The number of nitrogens with zero attached hydrogens (tertiary/aromatic N) is 1. The summed E-state index contributed by atoms with van der Waals surface area (Å²) >= 11 is 0. The first-order chi connectivity index (χ1) is 9.07. The van der Waals surface area contributed by atoms with Gasteiger partial charge < -0.3 is 5.32 Å². The van der Waals surface area contributed by atoms with Gasteiger partial charge in [0, 0.05) is 25.2 Å². The molecule has 0 saturated carbocycles. The predicted octanol–water partition coefficient (Wildman–Crippen LogP) is 1.59. The van der Waals surface area contributed by atoms with Gasteiger partial charge in [-0.2, -0.15) is 4.31 Å². The van der Waals surface area contributed by atoms with Crippen molar-refractivity contribution in [3.63, 3.8) is 0 Å². The minimum Gasteiger partial charge on any atom is -0.311 e. The number of sulfonamides is 1. The van der Waals surface area contributed by atoms with Crippen LogP contribution in [0.15, 0.2) is 35.2 Å². The van der Waals surface area contributed by atoms with E-state index in [2.05, 4.69) is 5.32 Å². The van der Waals surface area contributed by atoms with Crippen molar-refractivity contribution in [2.45, 2.75) is 48.7 Å². The van der Waals surface area contributed by atoms with Crippen LogP contribution in [0.1, 0.15) is 25.7 Å². The first-order valence-corrected chi connectivity index (χ1v) is 8.30. The van der Waals surface area contributed by atoms with E-state index in [0.29, 0.717) is 17.0 Å². The Kier molecular flexibility index (Phi) is 3.37. The van der Waals surface area contributed by atoms with E-state index in [4.69, 9.17) is 0 Å². The number of nitrogens with one attached hydrogen (secondary N) is 1. The molecule has 104 valence electrons. The van der Waals surface area contributed by atoms with Crippen molar-refractivity contribution in [3.05, 3.63) is 30.3 Å². The summed E-state index contributed by atoms with van der Waals surface area (Å²) in [6.45, 7) is 0. The van der Waals surface area contributed by atoms with Crippen LogP contribution in [0, 0.1) is 0 Å². The summed E-state index contributed by atoms with van der Waals surface area (Å²) in [6, 6.07) is 9.84. The Labute approximate surface area is 114 Å². The quantitative estimate of drug-likeness (QED) is 0.915. The topological polar surface area (TPSA) is 49.4 Å². The van der Waals surface area contributed by atoms with Gasteiger partial charge in [-0.05, 0) is 37.8 Å². The van der Waals surface area contributed by atoms with E-state index in [-0.39, 0.29) is 6.04 Å². The fraction of sp³-hybridized carbons (Fsp3) is 0.571. The summed E-state index contributed by atoms with van der Waals surface area (Å²) < 4.78 is 26.7. The number of hydrogen-bond donors (Lipinski definition) is 1. The largest absolute Gasteiger partial charge is 0.311 e. The smallest absolute Gasteiger partial charge is 0.243 e. The first-order valence-electron chi connectivity index (χ1n) is 6.86. The van der Waals surface area contributed by atoms with Crippen molar-refractivity contribution in [3.8, 4) is 0 Å². The molecule has 1 aromatic carbocycles. The van der Waals surface area contributed by atoms with Crippen LogP contribution in [0.25, 0.3) is 0 Å². The zero-order valence-corrected chi connectivity index (χ0v) is 11.9. The second-order valence-electron chi connectivity index (χ2n) is 5.60. The molecule has 2 bridgehead atoms. The maximum Gasteiger partial charge on any atom is 0.243 e. The second kappa shape index (κ2) is 4.89. The SMILES string of the molecule is CN(C1CC2CCC(C1)N2)S(=O)(=O)c1ccccc1. The maximum atomic E-state index is 12.6. The molecule has 1 aromatic rings. The van der Waals surface area contributed by atoms with Crippen LogP contribution in [0.4, 0.5) is 0 Å². The van der Waals surface area contributed by atoms with Gasteiger partial charge in [-0.25, -0.2) is 8.42 Å². The second-order valence-corrected chi connectivity index (χ2v) is 7.59. The van der Waals surface area contributed by atoms with Crippen LogP contribution in [-0.4, -0.2) is 37.9 Å². The molecule has 19 heavy (non-hydrogen) atoms. The number of rotatable bonds is 3. The third-order valence-electron chi connectivity index (χ3n) is 4.38. The Morgan fingerprint density at radius 1 is 1.11 bits per heavy atom. The van der Waals surface area contributed by atoms with Gasteiger partial charge in [0.15, 0.2) is 0 Å². The Hall–Kier alpha value is -0.910. The van der Waals surface area contributed by atoms with Crippen molar-refractivity contribution in [2.24, 2.45) is 0 Å². The maximum absolute atomic E-state index is 12.6.